The number of unbranched alkanes of at least 4 members (excludes halogenated alkanes) is 1. The highest BCUT2D eigenvalue weighted by atomic mass is 16.2. The van der Waals surface area contributed by atoms with Gasteiger partial charge < -0.3 is 9.80 Å². The van der Waals surface area contributed by atoms with Crippen LogP contribution in [0, 0.1) is 0 Å². The molecule has 2 amide bonds. The van der Waals surface area contributed by atoms with Crippen molar-refractivity contribution < 1.29 is 9.59 Å². The molecule has 5 nitrogen and oxygen atoms in total. The molecule has 0 N–H and O–H groups in total. The van der Waals surface area contributed by atoms with E-state index in [0.29, 0.717) is 30.8 Å². The number of fused-ring (bicyclic) bond motifs is 1. The van der Waals surface area contributed by atoms with Gasteiger partial charge in [0.15, 0.2) is 0 Å². The van der Waals surface area contributed by atoms with Crippen LogP contribution < -0.4 is 0 Å². The van der Waals surface area contributed by atoms with Gasteiger partial charge in [-0.1, -0.05) is 37.6 Å². The molecule has 0 spiro atoms. The van der Waals surface area contributed by atoms with Crippen LogP contribution in [-0.2, 0) is 13.0 Å². The number of benzene rings is 1. The second kappa shape index (κ2) is 8.13. The van der Waals surface area contributed by atoms with Crippen LogP contribution >= 0.6 is 0 Å². The molecule has 1 aliphatic heterocycles. The largest absolute Gasteiger partial charge is 0.342 e. The standard InChI is InChI=1S/C21H25N3O2/c1-3-4-10-23(2)20(25)18-12-19(14-22-13-18)21(26)24-11-9-16-7-5-6-8-17(16)15-24/h5-8,12-14H,3-4,9-11,15H2,1-2H3. The minimum absolute atomic E-state index is 0.0714. The minimum atomic E-state index is -0.0930. The van der Waals surface area contributed by atoms with Crippen molar-refractivity contribution in [3.8, 4) is 0 Å². The van der Waals surface area contributed by atoms with Gasteiger partial charge in [0.05, 0.1) is 11.1 Å². The predicted octanol–water partition coefficient (Wildman–Crippen LogP) is 3.15. The first-order chi connectivity index (χ1) is 12.6. The number of carbonyl (C=O) groups excluding carboxylic acids is 2. The molecule has 0 unspecified atom stereocenters. The summed E-state index contributed by atoms with van der Waals surface area (Å²) >= 11 is 0. The molecule has 136 valence electrons. The fourth-order valence-electron chi connectivity index (χ4n) is 3.24. The zero-order chi connectivity index (χ0) is 18.5. The van der Waals surface area contributed by atoms with Gasteiger partial charge in [-0.05, 0) is 30.0 Å². The Morgan fingerprint density at radius 3 is 2.65 bits per heavy atom. The quantitative estimate of drug-likeness (QED) is 0.831. The van der Waals surface area contributed by atoms with Gasteiger partial charge in [0.1, 0.15) is 0 Å². The van der Waals surface area contributed by atoms with Crippen molar-refractivity contribution in [1.29, 1.82) is 0 Å². The Balaban J connectivity index is 1.74. The molecule has 0 aliphatic carbocycles. The van der Waals surface area contributed by atoms with Crippen LogP contribution in [0.3, 0.4) is 0 Å². The molecule has 0 bridgehead atoms. The highest BCUT2D eigenvalue weighted by molar-refractivity contribution is 5.99. The molecule has 3 rings (SSSR count). The van der Waals surface area contributed by atoms with Crippen molar-refractivity contribution >= 4 is 11.8 Å². The number of hydrogen-bond donors (Lipinski definition) is 0. The maximum absolute atomic E-state index is 12.9. The van der Waals surface area contributed by atoms with Crippen molar-refractivity contribution in [1.82, 2.24) is 14.8 Å². The van der Waals surface area contributed by atoms with Gasteiger partial charge in [-0.25, -0.2) is 0 Å². The van der Waals surface area contributed by atoms with Crippen LogP contribution in [0.5, 0.6) is 0 Å². The van der Waals surface area contributed by atoms with Crippen LogP contribution in [0.4, 0.5) is 0 Å². The minimum Gasteiger partial charge on any atom is -0.342 e. The molecule has 0 radical (unpaired) electrons. The van der Waals surface area contributed by atoms with Crippen molar-refractivity contribution in [3.63, 3.8) is 0 Å². The number of rotatable bonds is 5. The second-order valence-electron chi connectivity index (χ2n) is 6.79. The fraction of sp³-hybridized carbons (Fsp3) is 0.381. The van der Waals surface area contributed by atoms with Crippen molar-refractivity contribution in [2.45, 2.75) is 32.7 Å². The molecule has 1 aromatic heterocycles. The van der Waals surface area contributed by atoms with Gasteiger partial charge in [-0.3, -0.25) is 14.6 Å². The Labute approximate surface area is 154 Å². The van der Waals surface area contributed by atoms with Crippen LogP contribution in [0.15, 0.2) is 42.7 Å². The number of carbonyl (C=O) groups is 2. The zero-order valence-corrected chi connectivity index (χ0v) is 15.4. The SMILES string of the molecule is CCCCN(C)C(=O)c1cncc(C(=O)N2CCc3ccccc3C2)c1. The predicted molar refractivity (Wildman–Crippen MR) is 101 cm³/mol. The summed E-state index contributed by atoms with van der Waals surface area (Å²) in [5.74, 6) is -0.164. The lowest BCUT2D eigenvalue weighted by Gasteiger charge is -2.29. The molecule has 2 aromatic rings. The maximum atomic E-state index is 12.9. The second-order valence-corrected chi connectivity index (χ2v) is 6.79. The third kappa shape index (κ3) is 3.93. The maximum Gasteiger partial charge on any atom is 0.255 e. The van der Waals surface area contributed by atoms with E-state index in [-0.39, 0.29) is 11.8 Å². The molecule has 0 atom stereocenters. The lowest BCUT2D eigenvalue weighted by atomic mass is 9.99. The van der Waals surface area contributed by atoms with Gasteiger partial charge in [-0.2, -0.15) is 0 Å². The van der Waals surface area contributed by atoms with E-state index in [1.807, 2.05) is 17.0 Å². The summed E-state index contributed by atoms with van der Waals surface area (Å²) in [6, 6.07) is 9.88. The molecular formula is C21H25N3O2. The molecule has 0 saturated carbocycles. The van der Waals surface area contributed by atoms with Gasteiger partial charge >= 0.3 is 0 Å². The zero-order valence-electron chi connectivity index (χ0n) is 15.4. The topological polar surface area (TPSA) is 53.5 Å². The van der Waals surface area contributed by atoms with Crippen LogP contribution in [0.2, 0.25) is 0 Å². The van der Waals surface area contributed by atoms with E-state index >= 15 is 0 Å². The summed E-state index contributed by atoms with van der Waals surface area (Å²) in [5, 5.41) is 0. The normalized spacial score (nSPS) is 13.2. The Kier molecular flexibility index (Phi) is 5.66. The summed E-state index contributed by atoms with van der Waals surface area (Å²) in [6.45, 7) is 4.08. The fourth-order valence-corrected chi connectivity index (χ4v) is 3.24. The first kappa shape index (κ1) is 18.1. The third-order valence-corrected chi connectivity index (χ3v) is 4.84. The van der Waals surface area contributed by atoms with E-state index in [4.69, 9.17) is 0 Å². The molecule has 1 aromatic carbocycles. The lowest BCUT2D eigenvalue weighted by Crippen LogP contribution is -2.36. The van der Waals surface area contributed by atoms with Gasteiger partial charge in [0.2, 0.25) is 0 Å². The van der Waals surface area contributed by atoms with Crippen LogP contribution in [-0.4, -0.2) is 46.7 Å². The van der Waals surface area contributed by atoms with E-state index in [2.05, 4.69) is 24.0 Å². The Bertz CT molecular complexity index is 803. The molecule has 5 heteroatoms. The summed E-state index contributed by atoms with van der Waals surface area (Å²) in [7, 11) is 1.79. The van der Waals surface area contributed by atoms with Crippen molar-refractivity contribution in [2.75, 3.05) is 20.1 Å². The summed E-state index contributed by atoms with van der Waals surface area (Å²) in [6.07, 6.45) is 5.93. The van der Waals surface area contributed by atoms with E-state index in [9.17, 15) is 9.59 Å². The van der Waals surface area contributed by atoms with E-state index in [1.54, 1.807) is 24.2 Å². The smallest absolute Gasteiger partial charge is 0.255 e. The van der Waals surface area contributed by atoms with E-state index in [0.717, 1.165) is 19.3 Å². The first-order valence-corrected chi connectivity index (χ1v) is 9.16. The van der Waals surface area contributed by atoms with Gasteiger partial charge in [-0.15, -0.1) is 0 Å². The molecule has 2 heterocycles. The monoisotopic (exact) mass is 351 g/mol. The molecule has 0 fully saturated rings. The van der Waals surface area contributed by atoms with E-state index < -0.39 is 0 Å². The summed E-state index contributed by atoms with van der Waals surface area (Å²) in [5.41, 5.74) is 3.42. The van der Waals surface area contributed by atoms with Gasteiger partial charge in [0.25, 0.3) is 11.8 Å². The molecule has 26 heavy (non-hydrogen) atoms. The number of aromatic nitrogens is 1. The van der Waals surface area contributed by atoms with Crippen LogP contribution in [0.1, 0.15) is 51.6 Å². The summed E-state index contributed by atoms with van der Waals surface area (Å²) < 4.78 is 0. The lowest BCUT2D eigenvalue weighted by molar-refractivity contribution is 0.0734. The number of nitrogens with zero attached hydrogens (tertiary/aromatic N) is 3. The Morgan fingerprint density at radius 1 is 1.15 bits per heavy atom. The van der Waals surface area contributed by atoms with Crippen molar-refractivity contribution in [2.24, 2.45) is 0 Å². The molecule has 0 saturated heterocycles. The third-order valence-electron chi connectivity index (χ3n) is 4.84. The van der Waals surface area contributed by atoms with Gasteiger partial charge in [0, 0.05) is 39.1 Å². The number of amides is 2. The Morgan fingerprint density at radius 2 is 1.88 bits per heavy atom. The van der Waals surface area contributed by atoms with E-state index in [1.165, 1.54) is 17.3 Å². The highest BCUT2D eigenvalue weighted by Crippen LogP contribution is 2.20. The van der Waals surface area contributed by atoms with Crippen LogP contribution in [0.25, 0.3) is 0 Å². The van der Waals surface area contributed by atoms with Crippen molar-refractivity contribution in [3.05, 3.63) is 65.0 Å². The average Bonchev–Trinajstić information content (AvgIpc) is 2.70. The molecular weight excluding hydrogens is 326 g/mol. The highest BCUT2D eigenvalue weighted by Gasteiger charge is 2.23. The first-order valence-electron chi connectivity index (χ1n) is 9.16. The average molecular weight is 351 g/mol. The summed E-state index contributed by atoms with van der Waals surface area (Å²) in [4.78, 5) is 33.1. The Hall–Kier alpha value is -2.69. The molecule has 1 aliphatic rings. The number of pyridine rings is 1. The number of hydrogen-bond acceptors (Lipinski definition) is 3.